The van der Waals surface area contributed by atoms with Gasteiger partial charge in [-0.15, -0.1) is 0 Å². The lowest BCUT2D eigenvalue weighted by molar-refractivity contribution is -0.170. The van der Waals surface area contributed by atoms with E-state index in [4.69, 9.17) is 0 Å². The molecule has 0 heterocycles. The molecule has 0 aromatic carbocycles. The molecule has 18 heavy (non-hydrogen) atoms. The van der Waals surface area contributed by atoms with Crippen LogP contribution in [0.2, 0.25) is 0 Å². The summed E-state index contributed by atoms with van der Waals surface area (Å²) < 4.78 is 0. The van der Waals surface area contributed by atoms with Crippen molar-refractivity contribution in [3.8, 4) is 0 Å². The van der Waals surface area contributed by atoms with E-state index in [1.165, 1.54) is 0 Å². The molecule has 0 radical (unpaired) electrons. The highest BCUT2D eigenvalue weighted by Gasteiger charge is 2.57. The lowest BCUT2D eigenvalue weighted by Crippen LogP contribution is -2.50. The minimum atomic E-state index is -1.81. The van der Waals surface area contributed by atoms with Crippen molar-refractivity contribution >= 4 is 17.7 Å². The fourth-order valence-electron chi connectivity index (χ4n) is 3.27. The highest BCUT2D eigenvalue weighted by atomic mass is 16.4. The first kappa shape index (κ1) is 12.8. The Morgan fingerprint density at radius 1 is 1.22 bits per heavy atom. The summed E-state index contributed by atoms with van der Waals surface area (Å²) in [6, 6.07) is 0. The minimum absolute atomic E-state index is 0.0738. The van der Waals surface area contributed by atoms with Gasteiger partial charge in [0, 0.05) is 12.3 Å². The molecule has 0 bridgehead atoms. The van der Waals surface area contributed by atoms with E-state index in [0.29, 0.717) is 31.3 Å². The zero-order chi connectivity index (χ0) is 13.5. The second kappa shape index (κ2) is 4.23. The number of fused-ring (bicyclic) bond motifs is 1. The van der Waals surface area contributed by atoms with Crippen molar-refractivity contribution < 1.29 is 24.6 Å². The summed E-state index contributed by atoms with van der Waals surface area (Å²) >= 11 is 0. The number of carbonyl (C=O) groups is 3. The van der Waals surface area contributed by atoms with E-state index in [1.807, 2.05) is 0 Å². The van der Waals surface area contributed by atoms with Gasteiger partial charge in [-0.1, -0.05) is 5.57 Å². The Morgan fingerprint density at radius 2 is 1.83 bits per heavy atom. The quantitative estimate of drug-likeness (QED) is 0.728. The van der Waals surface area contributed by atoms with Gasteiger partial charge in [-0.25, -0.2) is 0 Å². The fraction of sp³-hybridized carbons (Fsp3) is 0.615. The normalized spacial score (nSPS) is 26.7. The van der Waals surface area contributed by atoms with E-state index < -0.39 is 23.3 Å². The third-order valence-electron chi connectivity index (χ3n) is 4.26. The van der Waals surface area contributed by atoms with Crippen LogP contribution >= 0.6 is 0 Å². The van der Waals surface area contributed by atoms with Gasteiger partial charge in [-0.05, 0) is 38.2 Å². The molecule has 5 heteroatoms. The molecule has 2 rings (SSSR count). The largest absolute Gasteiger partial charge is 0.480 e. The Balaban J connectivity index is 2.57. The Labute approximate surface area is 104 Å². The summed E-state index contributed by atoms with van der Waals surface area (Å²) in [6.07, 6.45) is 1.89. The topological polar surface area (TPSA) is 91.7 Å². The van der Waals surface area contributed by atoms with Crippen molar-refractivity contribution in [2.45, 2.75) is 39.0 Å². The number of rotatable bonds is 2. The van der Waals surface area contributed by atoms with Crippen LogP contribution in [0, 0.1) is 11.3 Å². The molecule has 2 N–H and O–H groups in total. The minimum Gasteiger partial charge on any atom is -0.480 e. The van der Waals surface area contributed by atoms with Crippen LogP contribution < -0.4 is 0 Å². The maximum Gasteiger partial charge on any atom is 0.321 e. The number of carbonyl (C=O) groups excluding carboxylic acids is 1. The zero-order valence-electron chi connectivity index (χ0n) is 10.2. The summed E-state index contributed by atoms with van der Waals surface area (Å²) in [5, 5.41) is 18.7. The number of hydrogen-bond acceptors (Lipinski definition) is 3. The standard InChI is InChI=1S/C13H16O5/c1-7-5-6-13(11(15)16,12(17)18)8-3-2-4-9(14)10(7)8/h8H,2-6H2,1H3,(H,15,16)(H,17,18). The molecule has 98 valence electrons. The van der Waals surface area contributed by atoms with Gasteiger partial charge in [-0.2, -0.15) is 0 Å². The highest BCUT2D eigenvalue weighted by Crippen LogP contribution is 2.49. The van der Waals surface area contributed by atoms with Crippen molar-refractivity contribution in [3.63, 3.8) is 0 Å². The van der Waals surface area contributed by atoms with Crippen LogP contribution in [0.3, 0.4) is 0 Å². The second-order valence-corrected chi connectivity index (χ2v) is 5.14. The van der Waals surface area contributed by atoms with E-state index in [0.717, 1.165) is 5.57 Å². The molecule has 1 saturated carbocycles. The molecule has 0 aromatic heterocycles. The third-order valence-corrected chi connectivity index (χ3v) is 4.26. The number of carboxylic acid groups (broad SMARTS) is 2. The number of allylic oxidation sites excluding steroid dienone is 2. The van der Waals surface area contributed by atoms with Crippen molar-refractivity contribution in [1.29, 1.82) is 0 Å². The van der Waals surface area contributed by atoms with Crippen LogP contribution in [-0.2, 0) is 14.4 Å². The number of Topliss-reactive ketones (excluding diaryl/α,β-unsaturated/α-hetero) is 1. The highest BCUT2D eigenvalue weighted by molar-refractivity contribution is 6.04. The zero-order valence-corrected chi connectivity index (χ0v) is 10.2. The summed E-state index contributed by atoms with van der Waals surface area (Å²) in [7, 11) is 0. The van der Waals surface area contributed by atoms with Gasteiger partial charge in [0.2, 0.25) is 0 Å². The van der Waals surface area contributed by atoms with Crippen molar-refractivity contribution in [2.75, 3.05) is 0 Å². The number of carboxylic acids is 2. The summed E-state index contributed by atoms with van der Waals surface area (Å²) in [6.45, 7) is 1.80. The van der Waals surface area contributed by atoms with E-state index in [2.05, 4.69) is 0 Å². The van der Waals surface area contributed by atoms with E-state index in [9.17, 15) is 24.6 Å². The Morgan fingerprint density at radius 3 is 2.39 bits per heavy atom. The maximum atomic E-state index is 11.9. The summed E-state index contributed by atoms with van der Waals surface area (Å²) in [5.41, 5.74) is -0.481. The molecule has 2 aliphatic carbocycles. The van der Waals surface area contributed by atoms with Crippen LogP contribution in [0.1, 0.15) is 39.0 Å². The van der Waals surface area contributed by atoms with Crippen molar-refractivity contribution in [3.05, 3.63) is 11.1 Å². The van der Waals surface area contributed by atoms with Gasteiger partial charge in [0.05, 0.1) is 0 Å². The predicted molar refractivity (Wildman–Crippen MR) is 62.0 cm³/mol. The molecule has 0 aliphatic heterocycles. The fourth-order valence-corrected chi connectivity index (χ4v) is 3.27. The maximum absolute atomic E-state index is 11.9. The Kier molecular flexibility index (Phi) is 3.00. The van der Waals surface area contributed by atoms with Crippen LogP contribution in [0.15, 0.2) is 11.1 Å². The van der Waals surface area contributed by atoms with Gasteiger partial charge >= 0.3 is 11.9 Å². The Hall–Kier alpha value is -1.65. The molecular weight excluding hydrogens is 236 g/mol. The van der Waals surface area contributed by atoms with E-state index in [1.54, 1.807) is 6.92 Å². The molecule has 2 aliphatic rings. The molecule has 1 unspecified atom stereocenters. The monoisotopic (exact) mass is 252 g/mol. The van der Waals surface area contributed by atoms with Crippen LogP contribution in [0.25, 0.3) is 0 Å². The second-order valence-electron chi connectivity index (χ2n) is 5.14. The number of hydrogen-bond donors (Lipinski definition) is 2. The molecule has 0 spiro atoms. The van der Waals surface area contributed by atoms with Crippen molar-refractivity contribution in [1.82, 2.24) is 0 Å². The molecule has 0 aromatic rings. The average molecular weight is 252 g/mol. The molecule has 1 fully saturated rings. The molecule has 5 nitrogen and oxygen atoms in total. The molecular formula is C13H16O5. The molecule has 0 amide bonds. The van der Waals surface area contributed by atoms with Gasteiger partial charge in [0.25, 0.3) is 0 Å². The number of ketones is 1. The lowest BCUT2D eigenvalue weighted by Gasteiger charge is -2.41. The van der Waals surface area contributed by atoms with Crippen LogP contribution in [0.5, 0.6) is 0 Å². The first-order valence-electron chi connectivity index (χ1n) is 6.11. The van der Waals surface area contributed by atoms with Gasteiger partial charge in [0.1, 0.15) is 0 Å². The van der Waals surface area contributed by atoms with Gasteiger partial charge in [-0.3, -0.25) is 14.4 Å². The summed E-state index contributed by atoms with van der Waals surface area (Å²) in [5.74, 6) is -3.38. The smallest absolute Gasteiger partial charge is 0.321 e. The van der Waals surface area contributed by atoms with Crippen LogP contribution in [-0.4, -0.2) is 27.9 Å². The summed E-state index contributed by atoms with van der Waals surface area (Å²) in [4.78, 5) is 34.9. The van der Waals surface area contributed by atoms with Crippen LogP contribution in [0.4, 0.5) is 0 Å². The SMILES string of the molecule is CC1=C2C(=O)CCCC2C(C(=O)O)(C(=O)O)CC1. The third kappa shape index (κ3) is 1.57. The van der Waals surface area contributed by atoms with E-state index in [-0.39, 0.29) is 12.2 Å². The molecule has 1 atom stereocenters. The lowest BCUT2D eigenvalue weighted by atomic mass is 9.59. The number of aliphatic carboxylic acids is 2. The first-order chi connectivity index (χ1) is 8.41. The molecule has 0 saturated heterocycles. The predicted octanol–water partition coefficient (Wildman–Crippen LogP) is 1.62. The van der Waals surface area contributed by atoms with Crippen molar-refractivity contribution in [2.24, 2.45) is 11.3 Å². The van der Waals surface area contributed by atoms with Gasteiger partial charge in [0.15, 0.2) is 11.2 Å². The first-order valence-corrected chi connectivity index (χ1v) is 6.11. The Bertz CT molecular complexity index is 446. The van der Waals surface area contributed by atoms with Gasteiger partial charge < -0.3 is 10.2 Å². The van der Waals surface area contributed by atoms with E-state index >= 15 is 0 Å². The average Bonchev–Trinajstić information content (AvgIpc) is 2.28.